The predicted molar refractivity (Wildman–Crippen MR) is 91.0 cm³/mol. The van der Waals surface area contributed by atoms with Crippen molar-refractivity contribution < 1.29 is 19.4 Å². The first-order valence-electron chi connectivity index (χ1n) is 8.16. The van der Waals surface area contributed by atoms with E-state index in [1.54, 1.807) is 32.4 Å². The number of piperazine rings is 1. The van der Waals surface area contributed by atoms with Crippen molar-refractivity contribution in [2.45, 2.75) is 18.9 Å². The van der Waals surface area contributed by atoms with Crippen molar-refractivity contribution in [1.82, 2.24) is 15.3 Å². The molecule has 0 bridgehead atoms. The van der Waals surface area contributed by atoms with Gasteiger partial charge in [-0.05, 0) is 25.6 Å². The van der Waals surface area contributed by atoms with Crippen LogP contribution in [0.4, 0.5) is 0 Å². The van der Waals surface area contributed by atoms with Gasteiger partial charge >= 0.3 is 0 Å². The number of nitrogens with zero attached hydrogens (tertiary/aromatic N) is 2. The van der Waals surface area contributed by atoms with Crippen molar-refractivity contribution in [2.24, 2.45) is 0 Å². The number of hydrazine groups is 1. The number of benzene rings is 1. The molecule has 1 amide bonds. The van der Waals surface area contributed by atoms with Crippen LogP contribution < -0.4 is 14.9 Å². The summed E-state index contributed by atoms with van der Waals surface area (Å²) in [6.07, 6.45) is -0.172. The van der Waals surface area contributed by atoms with Gasteiger partial charge in [0.25, 0.3) is 0 Å². The summed E-state index contributed by atoms with van der Waals surface area (Å²) in [4.78, 5) is 14.3. The number of rotatable bonds is 7. The molecule has 0 radical (unpaired) electrons. The maximum absolute atomic E-state index is 12.1. The minimum absolute atomic E-state index is 0.0777. The van der Waals surface area contributed by atoms with Gasteiger partial charge in [0.15, 0.2) is 0 Å². The number of ether oxygens (including phenoxy) is 2. The van der Waals surface area contributed by atoms with Gasteiger partial charge in [-0.1, -0.05) is 0 Å². The quantitative estimate of drug-likeness (QED) is 0.767. The molecule has 1 aromatic carbocycles. The van der Waals surface area contributed by atoms with Crippen molar-refractivity contribution in [3.63, 3.8) is 0 Å². The Morgan fingerprint density at radius 2 is 1.96 bits per heavy atom. The highest BCUT2D eigenvalue weighted by molar-refractivity contribution is 5.75. The molecular weight excluding hydrogens is 310 g/mol. The molecule has 1 fully saturated rings. The van der Waals surface area contributed by atoms with Crippen LogP contribution >= 0.6 is 0 Å². The van der Waals surface area contributed by atoms with Crippen LogP contribution in [0.2, 0.25) is 0 Å². The Bertz CT molecular complexity index is 545. The van der Waals surface area contributed by atoms with E-state index in [1.165, 1.54) is 0 Å². The molecule has 7 heteroatoms. The van der Waals surface area contributed by atoms with Gasteiger partial charge in [0, 0.05) is 44.2 Å². The summed E-state index contributed by atoms with van der Waals surface area (Å²) >= 11 is 0. The molecular formula is C17H27N3O4. The SMILES string of the molecule is COc1ccc(C(O)CCC(=O)NN2CCN(C)CC2)c(OC)c1. The van der Waals surface area contributed by atoms with Crippen molar-refractivity contribution in [3.8, 4) is 11.5 Å². The zero-order chi connectivity index (χ0) is 17.5. The molecule has 1 saturated heterocycles. The van der Waals surface area contributed by atoms with E-state index < -0.39 is 6.10 Å². The third-order valence-electron chi connectivity index (χ3n) is 4.23. The van der Waals surface area contributed by atoms with Gasteiger partial charge in [-0.15, -0.1) is 0 Å². The third-order valence-corrected chi connectivity index (χ3v) is 4.23. The van der Waals surface area contributed by atoms with E-state index >= 15 is 0 Å². The van der Waals surface area contributed by atoms with E-state index in [9.17, 15) is 9.90 Å². The Kier molecular flexibility index (Phi) is 6.84. The van der Waals surface area contributed by atoms with Crippen molar-refractivity contribution in [2.75, 3.05) is 47.4 Å². The summed E-state index contributed by atoms with van der Waals surface area (Å²) in [7, 11) is 5.19. The molecule has 1 heterocycles. The van der Waals surface area contributed by atoms with Crippen molar-refractivity contribution in [1.29, 1.82) is 0 Å². The molecule has 1 aliphatic heterocycles. The Balaban J connectivity index is 1.84. The number of aliphatic hydroxyl groups excluding tert-OH is 1. The normalized spacial score (nSPS) is 17.3. The maximum Gasteiger partial charge on any atom is 0.234 e. The number of carbonyl (C=O) groups excluding carboxylic acids is 1. The zero-order valence-electron chi connectivity index (χ0n) is 14.6. The molecule has 0 aromatic heterocycles. The van der Waals surface area contributed by atoms with E-state index in [0.717, 1.165) is 26.2 Å². The summed E-state index contributed by atoms with van der Waals surface area (Å²) in [6.45, 7) is 3.51. The van der Waals surface area contributed by atoms with Gasteiger partial charge in [0.1, 0.15) is 11.5 Å². The lowest BCUT2D eigenvalue weighted by molar-refractivity contribution is -0.127. The summed E-state index contributed by atoms with van der Waals surface area (Å²) < 4.78 is 10.4. The minimum atomic E-state index is -0.760. The molecule has 7 nitrogen and oxygen atoms in total. The largest absolute Gasteiger partial charge is 0.497 e. The average Bonchev–Trinajstić information content (AvgIpc) is 2.61. The molecule has 134 valence electrons. The Labute approximate surface area is 143 Å². The molecule has 2 rings (SSSR count). The number of likely N-dealkylation sites (N-methyl/N-ethyl adjacent to an activating group) is 1. The number of hydrogen-bond donors (Lipinski definition) is 2. The first-order chi connectivity index (χ1) is 11.5. The summed E-state index contributed by atoms with van der Waals surface area (Å²) in [6, 6.07) is 5.26. The topological polar surface area (TPSA) is 74.3 Å². The molecule has 0 spiro atoms. The number of hydrogen-bond acceptors (Lipinski definition) is 6. The van der Waals surface area contributed by atoms with Crippen LogP contribution in [0.5, 0.6) is 11.5 Å². The van der Waals surface area contributed by atoms with E-state index in [-0.39, 0.29) is 12.3 Å². The lowest BCUT2D eigenvalue weighted by atomic mass is 10.0. The van der Waals surface area contributed by atoms with Gasteiger partial charge in [0.2, 0.25) is 5.91 Å². The van der Waals surface area contributed by atoms with Gasteiger partial charge < -0.3 is 19.5 Å². The number of nitrogens with one attached hydrogen (secondary N) is 1. The van der Waals surface area contributed by atoms with Crippen LogP contribution in [0, 0.1) is 0 Å². The zero-order valence-corrected chi connectivity index (χ0v) is 14.6. The Hall–Kier alpha value is -1.83. The molecule has 1 unspecified atom stereocenters. The summed E-state index contributed by atoms with van der Waals surface area (Å²) in [5, 5.41) is 12.3. The van der Waals surface area contributed by atoms with E-state index in [2.05, 4.69) is 17.4 Å². The highest BCUT2D eigenvalue weighted by Gasteiger charge is 2.18. The molecule has 2 N–H and O–H groups in total. The molecule has 24 heavy (non-hydrogen) atoms. The fourth-order valence-electron chi connectivity index (χ4n) is 2.67. The van der Waals surface area contributed by atoms with Crippen molar-refractivity contribution >= 4 is 5.91 Å². The Morgan fingerprint density at radius 3 is 2.58 bits per heavy atom. The molecule has 1 aliphatic rings. The first-order valence-corrected chi connectivity index (χ1v) is 8.16. The standard InChI is InChI=1S/C17H27N3O4/c1-19-8-10-20(11-9-19)18-17(22)7-6-15(21)14-5-4-13(23-2)12-16(14)24-3/h4-5,12,15,21H,6-11H2,1-3H3,(H,18,22). The molecule has 0 saturated carbocycles. The number of carbonyl (C=O) groups is 1. The van der Waals surface area contributed by atoms with E-state index in [4.69, 9.17) is 9.47 Å². The maximum atomic E-state index is 12.1. The molecule has 1 aromatic rings. The second-order valence-electron chi connectivity index (χ2n) is 5.99. The fourth-order valence-corrected chi connectivity index (χ4v) is 2.67. The second kappa shape index (κ2) is 8.86. The smallest absolute Gasteiger partial charge is 0.234 e. The van der Waals surface area contributed by atoms with Gasteiger partial charge in [0.05, 0.1) is 20.3 Å². The van der Waals surface area contributed by atoms with Crippen LogP contribution in [0.1, 0.15) is 24.5 Å². The van der Waals surface area contributed by atoms with Crippen LogP contribution in [0.15, 0.2) is 18.2 Å². The van der Waals surface area contributed by atoms with Crippen molar-refractivity contribution in [3.05, 3.63) is 23.8 Å². The lowest BCUT2D eigenvalue weighted by Gasteiger charge is -2.32. The number of amides is 1. The predicted octanol–water partition coefficient (Wildman–Crippen LogP) is 0.796. The van der Waals surface area contributed by atoms with Crippen LogP contribution in [0.25, 0.3) is 0 Å². The van der Waals surface area contributed by atoms with Gasteiger partial charge in [-0.2, -0.15) is 0 Å². The monoisotopic (exact) mass is 337 g/mol. The Morgan fingerprint density at radius 1 is 1.25 bits per heavy atom. The fraction of sp³-hybridized carbons (Fsp3) is 0.588. The highest BCUT2D eigenvalue weighted by Crippen LogP contribution is 2.31. The lowest BCUT2D eigenvalue weighted by Crippen LogP contribution is -2.52. The molecule has 0 aliphatic carbocycles. The minimum Gasteiger partial charge on any atom is -0.497 e. The van der Waals surface area contributed by atoms with Crippen LogP contribution in [-0.2, 0) is 4.79 Å². The van der Waals surface area contributed by atoms with Gasteiger partial charge in [-0.25, -0.2) is 5.01 Å². The number of aliphatic hydroxyl groups is 1. The summed E-state index contributed by atoms with van der Waals surface area (Å²) in [5.74, 6) is 1.14. The average molecular weight is 337 g/mol. The third kappa shape index (κ3) is 5.09. The first kappa shape index (κ1) is 18.5. The second-order valence-corrected chi connectivity index (χ2v) is 5.99. The van der Waals surface area contributed by atoms with E-state index in [0.29, 0.717) is 23.5 Å². The molecule has 1 atom stereocenters. The van der Waals surface area contributed by atoms with Crippen LogP contribution in [0.3, 0.4) is 0 Å². The highest BCUT2D eigenvalue weighted by atomic mass is 16.5. The van der Waals surface area contributed by atoms with Crippen LogP contribution in [-0.4, -0.2) is 68.4 Å². The summed E-state index contributed by atoms with van der Waals surface area (Å²) in [5.41, 5.74) is 3.56. The van der Waals surface area contributed by atoms with E-state index in [1.807, 2.05) is 5.01 Å². The van der Waals surface area contributed by atoms with Gasteiger partial charge in [-0.3, -0.25) is 10.2 Å². The number of methoxy groups -OCH3 is 2.